The molecule has 8 nitrogen and oxygen atoms in total. The summed E-state index contributed by atoms with van der Waals surface area (Å²) in [4.78, 5) is 30.8. The van der Waals surface area contributed by atoms with Crippen molar-refractivity contribution in [2.75, 3.05) is 52.9 Å². The van der Waals surface area contributed by atoms with Gasteiger partial charge in [-0.1, -0.05) is 42.5 Å². The maximum Gasteiger partial charge on any atom is 0.408 e. The normalized spacial score (nSPS) is 15.1. The van der Waals surface area contributed by atoms with Crippen molar-refractivity contribution < 1.29 is 19.8 Å². The summed E-state index contributed by atoms with van der Waals surface area (Å²) in [6.45, 7) is 4.83. The minimum Gasteiger partial charge on any atom is -0.508 e. The van der Waals surface area contributed by atoms with E-state index in [-0.39, 0.29) is 24.6 Å². The number of hydrogen-bond acceptors (Lipinski definition) is 5. The first kappa shape index (κ1) is 24.5. The van der Waals surface area contributed by atoms with Crippen molar-refractivity contribution in [3.05, 3.63) is 65.7 Å². The number of likely N-dealkylation sites (N-methyl/N-ethyl adjacent to an activating group) is 1. The quantitative estimate of drug-likeness (QED) is 0.507. The van der Waals surface area contributed by atoms with E-state index in [1.54, 1.807) is 36.2 Å². The van der Waals surface area contributed by atoms with Crippen LogP contribution in [0.25, 0.3) is 0 Å². The van der Waals surface area contributed by atoms with Gasteiger partial charge in [-0.3, -0.25) is 14.6 Å². The number of phenolic OH excluding ortho intramolecular Hbond substituents is 1. The number of hydrogen-bond donors (Lipinski definition) is 3. The van der Waals surface area contributed by atoms with E-state index in [9.17, 15) is 19.8 Å². The first-order valence-electron chi connectivity index (χ1n) is 11.4. The van der Waals surface area contributed by atoms with Gasteiger partial charge in [-0.15, -0.1) is 0 Å². The molecule has 0 spiro atoms. The molecule has 1 heterocycles. The summed E-state index contributed by atoms with van der Waals surface area (Å²) in [5, 5.41) is 22.9. The van der Waals surface area contributed by atoms with Crippen molar-refractivity contribution in [1.29, 1.82) is 0 Å². The van der Waals surface area contributed by atoms with E-state index in [0.29, 0.717) is 19.5 Å². The SMILES string of the molecule is CN(CCc1ccccc1)C(=O)[C@H](Cc1ccc(O)cc1)N(CCN1CCNCC1)C(=O)O. The van der Waals surface area contributed by atoms with E-state index in [2.05, 4.69) is 10.2 Å². The summed E-state index contributed by atoms with van der Waals surface area (Å²) in [6, 6.07) is 15.7. The molecule has 0 saturated carbocycles. The van der Waals surface area contributed by atoms with Crippen molar-refractivity contribution in [2.45, 2.75) is 18.9 Å². The van der Waals surface area contributed by atoms with E-state index in [1.165, 1.54) is 4.90 Å². The van der Waals surface area contributed by atoms with Gasteiger partial charge in [-0.05, 0) is 29.7 Å². The highest BCUT2D eigenvalue weighted by atomic mass is 16.4. The molecular weight excluding hydrogens is 420 g/mol. The number of nitrogens with one attached hydrogen (secondary N) is 1. The molecule has 3 rings (SSSR count). The molecule has 0 radical (unpaired) electrons. The van der Waals surface area contributed by atoms with Gasteiger partial charge in [0.25, 0.3) is 0 Å². The van der Waals surface area contributed by atoms with E-state index in [1.807, 2.05) is 30.3 Å². The second-order valence-electron chi connectivity index (χ2n) is 8.45. The van der Waals surface area contributed by atoms with E-state index in [4.69, 9.17) is 0 Å². The third-order valence-electron chi connectivity index (χ3n) is 6.09. The topological polar surface area (TPSA) is 96.4 Å². The number of phenols is 1. The summed E-state index contributed by atoms with van der Waals surface area (Å²) in [6.07, 6.45) is -0.149. The summed E-state index contributed by atoms with van der Waals surface area (Å²) in [7, 11) is 1.73. The Hall–Kier alpha value is -3.10. The number of carbonyl (C=O) groups is 2. The summed E-state index contributed by atoms with van der Waals surface area (Å²) in [5.41, 5.74) is 1.93. The Morgan fingerprint density at radius 1 is 1.00 bits per heavy atom. The van der Waals surface area contributed by atoms with Crippen molar-refractivity contribution >= 4 is 12.0 Å². The van der Waals surface area contributed by atoms with Gasteiger partial charge in [0.1, 0.15) is 11.8 Å². The molecule has 0 aliphatic carbocycles. The highest BCUT2D eigenvalue weighted by Gasteiger charge is 2.32. The molecular formula is C25H34N4O4. The minimum atomic E-state index is -1.10. The zero-order chi connectivity index (χ0) is 23.6. The zero-order valence-corrected chi connectivity index (χ0v) is 19.2. The molecule has 0 bridgehead atoms. The maximum absolute atomic E-state index is 13.5. The van der Waals surface area contributed by atoms with Gasteiger partial charge in [-0.25, -0.2) is 4.79 Å². The largest absolute Gasteiger partial charge is 0.508 e. The van der Waals surface area contributed by atoms with Gasteiger partial charge < -0.3 is 20.4 Å². The zero-order valence-electron chi connectivity index (χ0n) is 19.2. The van der Waals surface area contributed by atoms with Gasteiger partial charge in [-0.2, -0.15) is 0 Å². The Balaban J connectivity index is 1.74. The van der Waals surface area contributed by atoms with Gasteiger partial charge in [0.05, 0.1) is 0 Å². The standard InChI is InChI=1S/C25H34N4O4/c1-27(14-11-20-5-3-2-4-6-20)24(31)23(19-21-7-9-22(30)10-8-21)29(25(32)33)18-17-28-15-12-26-13-16-28/h2-10,23,26,30H,11-19H2,1H3,(H,32,33)/t23-/m0/s1. The molecule has 178 valence electrons. The Labute approximate surface area is 195 Å². The molecule has 1 aliphatic heterocycles. The van der Waals surface area contributed by atoms with Crippen LogP contribution in [0.2, 0.25) is 0 Å². The molecule has 1 aliphatic rings. The number of piperazine rings is 1. The lowest BCUT2D eigenvalue weighted by Crippen LogP contribution is -2.54. The molecule has 8 heteroatoms. The lowest BCUT2D eigenvalue weighted by molar-refractivity contribution is -0.135. The van der Waals surface area contributed by atoms with Crippen LogP contribution in [0.1, 0.15) is 11.1 Å². The number of benzene rings is 2. The van der Waals surface area contributed by atoms with Gasteiger partial charge in [0.2, 0.25) is 5.91 Å². The molecule has 3 N–H and O–H groups in total. The predicted octanol–water partition coefficient (Wildman–Crippen LogP) is 1.89. The molecule has 0 unspecified atom stereocenters. The molecule has 2 aromatic rings. The lowest BCUT2D eigenvalue weighted by Gasteiger charge is -2.34. The van der Waals surface area contributed by atoms with Gasteiger partial charge >= 0.3 is 6.09 Å². The Bertz CT molecular complexity index is 885. The smallest absolute Gasteiger partial charge is 0.408 e. The lowest BCUT2D eigenvalue weighted by atomic mass is 10.0. The van der Waals surface area contributed by atoms with E-state index >= 15 is 0 Å². The second kappa shape index (κ2) is 12.2. The fraction of sp³-hybridized carbons (Fsp3) is 0.440. The number of aromatic hydroxyl groups is 1. The van der Waals surface area contributed by atoms with Crippen LogP contribution in [0, 0.1) is 0 Å². The van der Waals surface area contributed by atoms with Crippen molar-refractivity contribution in [2.24, 2.45) is 0 Å². The number of carbonyl (C=O) groups excluding carboxylic acids is 1. The molecule has 1 atom stereocenters. The van der Waals surface area contributed by atoms with Crippen LogP contribution in [0.5, 0.6) is 5.75 Å². The Morgan fingerprint density at radius 3 is 2.30 bits per heavy atom. The molecule has 33 heavy (non-hydrogen) atoms. The molecule has 2 aromatic carbocycles. The monoisotopic (exact) mass is 454 g/mol. The maximum atomic E-state index is 13.5. The van der Waals surface area contributed by atoms with Crippen molar-refractivity contribution in [1.82, 2.24) is 20.0 Å². The predicted molar refractivity (Wildman–Crippen MR) is 127 cm³/mol. The highest BCUT2D eigenvalue weighted by molar-refractivity contribution is 5.85. The number of rotatable bonds is 10. The van der Waals surface area contributed by atoms with Crippen LogP contribution < -0.4 is 5.32 Å². The number of carboxylic acid groups (broad SMARTS) is 1. The first-order chi connectivity index (χ1) is 15.9. The van der Waals surface area contributed by atoms with E-state index < -0.39 is 12.1 Å². The number of amides is 2. The number of nitrogens with zero attached hydrogens (tertiary/aromatic N) is 3. The Kier molecular flexibility index (Phi) is 9.09. The van der Waals surface area contributed by atoms with Gasteiger partial charge in [0.15, 0.2) is 0 Å². The summed E-state index contributed by atoms with van der Waals surface area (Å²) in [5.74, 6) is -0.0860. The fourth-order valence-corrected chi connectivity index (χ4v) is 4.06. The van der Waals surface area contributed by atoms with Crippen LogP contribution in [-0.4, -0.2) is 95.8 Å². The first-order valence-corrected chi connectivity index (χ1v) is 11.4. The third kappa shape index (κ3) is 7.47. The van der Waals surface area contributed by atoms with Crippen LogP contribution >= 0.6 is 0 Å². The summed E-state index contributed by atoms with van der Waals surface area (Å²) >= 11 is 0. The highest BCUT2D eigenvalue weighted by Crippen LogP contribution is 2.16. The molecule has 0 aromatic heterocycles. The van der Waals surface area contributed by atoms with Crippen molar-refractivity contribution in [3.8, 4) is 5.75 Å². The van der Waals surface area contributed by atoms with Crippen molar-refractivity contribution in [3.63, 3.8) is 0 Å². The third-order valence-corrected chi connectivity index (χ3v) is 6.09. The van der Waals surface area contributed by atoms with Crippen LogP contribution in [-0.2, 0) is 17.6 Å². The van der Waals surface area contributed by atoms with Gasteiger partial charge in [0, 0.05) is 59.3 Å². The Morgan fingerprint density at radius 2 is 1.67 bits per heavy atom. The molecule has 2 amide bonds. The van der Waals surface area contributed by atoms with Crippen LogP contribution in [0.4, 0.5) is 4.79 Å². The minimum absolute atomic E-state index is 0.135. The second-order valence-corrected chi connectivity index (χ2v) is 8.45. The molecule has 1 saturated heterocycles. The average Bonchev–Trinajstić information content (AvgIpc) is 2.84. The van der Waals surface area contributed by atoms with E-state index in [0.717, 1.165) is 37.3 Å². The summed E-state index contributed by atoms with van der Waals surface area (Å²) < 4.78 is 0. The molecule has 1 fully saturated rings. The average molecular weight is 455 g/mol. The van der Waals surface area contributed by atoms with Crippen LogP contribution in [0.15, 0.2) is 54.6 Å². The van der Waals surface area contributed by atoms with Crippen LogP contribution in [0.3, 0.4) is 0 Å². The fourth-order valence-electron chi connectivity index (χ4n) is 4.06.